The molecule has 5 nitrogen and oxygen atoms in total. The number of nitrogens with one attached hydrogen (secondary N) is 2. The molecular formula is C4H7Cl2N3O2. The first-order chi connectivity index (χ1) is 5.11. The third-order valence-electron chi connectivity index (χ3n) is 1.42. The maximum atomic E-state index is 10.3. The first-order valence-corrected chi connectivity index (χ1v) is 3.89. The summed E-state index contributed by atoms with van der Waals surface area (Å²) in [5.41, 5.74) is -1.18. The van der Waals surface area contributed by atoms with Crippen LogP contribution in [0.5, 0.6) is 0 Å². The smallest absolute Gasteiger partial charge is 0.254 e. The number of nitro groups is 1. The van der Waals surface area contributed by atoms with Crippen LogP contribution in [0.25, 0.3) is 0 Å². The third-order valence-corrected chi connectivity index (χ3v) is 2.12. The van der Waals surface area contributed by atoms with Crippen LogP contribution in [-0.4, -0.2) is 28.6 Å². The zero-order valence-corrected chi connectivity index (χ0v) is 6.97. The Morgan fingerprint density at radius 2 is 2.18 bits per heavy atom. The molecular weight excluding hydrogens is 193 g/mol. The van der Waals surface area contributed by atoms with E-state index in [1.807, 2.05) is 0 Å². The van der Waals surface area contributed by atoms with Gasteiger partial charge in [-0.25, -0.2) is 0 Å². The second-order valence-corrected chi connectivity index (χ2v) is 3.10. The average molecular weight is 200 g/mol. The van der Waals surface area contributed by atoms with E-state index in [0.29, 0.717) is 0 Å². The minimum Gasteiger partial charge on any atom is -0.282 e. The summed E-state index contributed by atoms with van der Waals surface area (Å²) in [5, 5.41) is 15.5. The van der Waals surface area contributed by atoms with Gasteiger partial charge in [0.2, 0.25) is 0 Å². The molecule has 1 heterocycles. The first kappa shape index (κ1) is 8.99. The Morgan fingerprint density at radius 1 is 1.55 bits per heavy atom. The summed E-state index contributed by atoms with van der Waals surface area (Å²) in [7, 11) is 0. The number of nitrogens with zero attached hydrogens (tertiary/aromatic N) is 1. The average Bonchev–Trinajstić information content (AvgIpc) is 1.85. The Labute approximate surface area is 73.2 Å². The van der Waals surface area contributed by atoms with E-state index in [9.17, 15) is 10.1 Å². The number of alkyl halides is 2. The summed E-state index contributed by atoms with van der Waals surface area (Å²) >= 11 is 11.1. The molecule has 0 radical (unpaired) electrons. The zero-order valence-electron chi connectivity index (χ0n) is 5.46. The van der Waals surface area contributed by atoms with E-state index >= 15 is 0 Å². The Bertz CT molecular complexity index is 167. The molecule has 0 bridgehead atoms. The van der Waals surface area contributed by atoms with Crippen molar-refractivity contribution in [2.45, 2.75) is 17.2 Å². The number of rotatable bonds is 1. The summed E-state index contributed by atoms with van der Waals surface area (Å²) < 4.78 is 0. The van der Waals surface area contributed by atoms with E-state index < -0.39 is 22.1 Å². The van der Waals surface area contributed by atoms with Crippen molar-refractivity contribution in [3.05, 3.63) is 10.1 Å². The molecule has 64 valence electrons. The fourth-order valence-electron chi connectivity index (χ4n) is 0.819. The molecule has 1 aliphatic rings. The predicted octanol–water partition coefficient (Wildman–Crippen LogP) is -0.0882. The van der Waals surface area contributed by atoms with Gasteiger partial charge >= 0.3 is 0 Å². The Hall–Kier alpha value is -0.100. The molecule has 2 N–H and O–H groups in total. The minimum atomic E-state index is -0.813. The lowest BCUT2D eigenvalue weighted by atomic mass is 10.3. The van der Waals surface area contributed by atoms with Gasteiger partial charge in [0.25, 0.3) is 6.04 Å². The van der Waals surface area contributed by atoms with Crippen molar-refractivity contribution in [2.75, 3.05) is 6.54 Å². The number of halogens is 2. The molecule has 3 atom stereocenters. The van der Waals surface area contributed by atoms with E-state index in [1.54, 1.807) is 0 Å². The molecule has 0 aromatic carbocycles. The monoisotopic (exact) mass is 199 g/mol. The number of hydrogen-bond acceptors (Lipinski definition) is 4. The van der Waals surface area contributed by atoms with E-state index in [-0.39, 0.29) is 6.54 Å². The van der Waals surface area contributed by atoms with Crippen LogP contribution in [0.15, 0.2) is 0 Å². The first-order valence-electron chi connectivity index (χ1n) is 3.02. The van der Waals surface area contributed by atoms with Crippen LogP contribution in [0, 0.1) is 10.1 Å². The van der Waals surface area contributed by atoms with Gasteiger partial charge < -0.3 is 0 Å². The lowest BCUT2D eigenvalue weighted by molar-refractivity contribution is -0.523. The van der Waals surface area contributed by atoms with Gasteiger partial charge in [-0.1, -0.05) is 23.2 Å². The highest BCUT2D eigenvalue weighted by Crippen LogP contribution is 2.09. The van der Waals surface area contributed by atoms with E-state index in [1.165, 1.54) is 0 Å². The molecule has 0 saturated carbocycles. The van der Waals surface area contributed by atoms with Gasteiger partial charge in [0.05, 0.1) is 6.54 Å². The van der Waals surface area contributed by atoms with Gasteiger partial charge in [-0.2, -0.15) is 0 Å². The molecule has 1 fully saturated rings. The standard InChI is InChI=1S/C4H7Cl2N3O2/c5-3-2(9(10)11)1-7-4(6)8-3/h2-4,7-8H,1H2. The molecule has 1 aliphatic heterocycles. The second-order valence-electron chi connectivity index (χ2n) is 2.19. The normalized spacial score (nSPS) is 38.5. The summed E-state index contributed by atoms with van der Waals surface area (Å²) in [6.07, 6.45) is 0. The van der Waals surface area contributed by atoms with Crippen molar-refractivity contribution in [1.82, 2.24) is 10.6 Å². The molecule has 1 saturated heterocycles. The maximum Gasteiger partial charge on any atom is 0.254 e. The Morgan fingerprint density at radius 3 is 2.64 bits per heavy atom. The highest BCUT2D eigenvalue weighted by Gasteiger charge is 2.35. The van der Waals surface area contributed by atoms with E-state index in [2.05, 4.69) is 10.6 Å². The van der Waals surface area contributed by atoms with Gasteiger partial charge in [0.1, 0.15) is 5.62 Å². The van der Waals surface area contributed by atoms with Gasteiger partial charge in [0.15, 0.2) is 5.50 Å². The summed E-state index contributed by atoms with van der Waals surface area (Å²) in [5.74, 6) is 0. The third kappa shape index (κ3) is 2.16. The minimum absolute atomic E-state index is 0.197. The molecule has 1 rings (SSSR count). The molecule has 0 spiro atoms. The summed E-state index contributed by atoms with van der Waals surface area (Å²) in [4.78, 5) is 9.84. The van der Waals surface area contributed by atoms with Crippen LogP contribution < -0.4 is 10.6 Å². The van der Waals surface area contributed by atoms with Crippen molar-refractivity contribution in [1.29, 1.82) is 0 Å². The van der Waals surface area contributed by atoms with Crippen LogP contribution in [-0.2, 0) is 0 Å². The van der Waals surface area contributed by atoms with Gasteiger partial charge in [-0.05, 0) is 0 Å². The van der Waals surface area contributed by atoms with Gasteiger partial charge in [-0.15, -0.1) is 0 Å². The van der Waals surface area contributed by atoms with Crippen molar-refractivity contribution >= 4 is 23.2 Å². The molecule has 0 amide bonds. The molecule has 11 heavy (non-hydrogen) atoms. The predicted molar refractivity (Wildman–Crippen MR) is 41.2 cm³/mol. The lowest BCUT2D eigenvalue weighted by Gasteiger charge is -2.26. The molecule has 7 heteroatoms. The largest absolute Gasteiger partial charge is 0.282 e. The maximum absolute atomic E-state index is 10.3. The SMILES string of the molecule is O=[N+]([O-])C1CNC(Cl)NC1Cl. The molecule has 0 aromatic rings. The topological polar surface area (TPSA) is 67.2 Å². The Kier molecular flexibility index (Phi) is 2.89. The van der Waals surface area contributed by atoms with Gasteiger partial charge in [0, 0.05) is 4.92 Å². The Balaban J connectivity index is 2.50. The van der Waals surface area contributed by atoms with Gasteiger partial charge in [-0.3, -0.25) is 20.7 Å². The van der Waals surface area contributed by atoms with Crippen LogP contribution in [0.2, 0.25) is 0 Å². The lowest BCUT2D eigenvalue weighted by Crippen LogP contribution is -2.59. The molecule has 3 unspecified atom stereocenters. The highest BCUT2D eigenvalue weighted by atomic mass is 35.5. The second kappa shape index (κ2) is 3.53. The summed E-state index contributed by atoms with van der Waals surface area (Å²) in [6.45, 7) is 0.197. The fraction of sp³-hybridized carbons (Fsp3) is 1.00. The molecule has 0 aliphatic carbocycles. The quantitative estimate of drug-likeness (QED) is 0.268. The van der Waals surface area contributed by atoms with Crippen LogP contribution in [0.4, 0.5) is 0 Å². The highest BCUT2D eigenvalue weighted by molar-refractivity contribution is 6.23. The zero-order chi connectivity index (χ0) is 8.43. The summed E-state index contributed by atoms with van der Waals surface area (Å²) in [6, 6.07) is -0.813. The van der Waals surface area contributed by atoms with Crippen molar-refractivity contribution in [3.8, 4) is 0 Å². The van der Waals surface area contributed by atoms with Crippen LogP contribution >= 0.6 is 23.2 Å². The van der Waals surface area contributed by atoms with Crippen LogP contribution in [0.1, 0.15) is 0 Å². The van der Waals surface area contributed by atoms with E-state index in [0.717, 1.165) is 0 Å². The number of hydrogen-bond donors (Lipinski definition) is 2. The van der Waals surface area contributed by atoms with Crippen LogP contribution in [0.3, 0.4) is 0 Å². The van der Waals surface area contributed by atoms with Crippen molar-refractivity contribution < 1.29 is 4.92 Å². The van der Waals surface area contributed by atoms with E-state index in [4.69, 9.17) is 23.2 Å². The fourth-order valence-corrected chi connectivity index (χ4v) is 1.42. The van der Waals surface area contributed by atoms with Crippen molar-refractivity contribution in [3.63, 3.8) is 0 Å². The van der Waals surface area contributed by atoms with Crippen molar-refractivity contribution in [2.24, 2.45) is 0 Å². The molecule has 0 aromatic heterocycles.